The highest BCUT2D eigenvalue weighted by Gasteiger charge is 2.24. The van der Waals surface area contributed by atoms with E-state index in [1.807, 2.05) is 0 Å². The molecule has 24 heavy (non-hydrogen) atoms. The number of halogens is 1. The van der Waals surface area contributed by atoms with Gasteiger partial charge in [-0.25, -0.2) is 0 Å². The molecule has 1 fully saturated rings. The van der Waals surface area contributed by atoms with Gasteiger partial charge in [0.1, 0.15) is 5.69 Å². The van der Waals surface area contributed by atoms with Crippen LogP contribution in [-0.2, 0) is 0 Å². The van der Waals surface area contributed by atoms with Gasteiger partial charge in [0.2, 0.25) is 0 Å². The largest absolute Gasteiger partial charge is 0.337 e. The molecule has 0 radical (unpaired) electrons. The van der Waals surface area contributed by atoms with E-state index in [0.717, 1.165) is 6.42 Å². The lowest BCUT2D eigenvalue weighted by molar-refractivity contribution is 0.0716. The molecule has 0 N–H and O–H groups in total. The van der Waals surface area contributed by atoms with E-state index in [-0.39, 0.29) is 11.8 Å². The van der Waals surface area contributed by atoms with Gasteiger partial charge in [-0.05, 0) is 30.7 Å². The molecule has 1 aromatic carbocycles. The summed E-state index contributed by atoms with van der Waals surface area (Å²) in [5.74, 6) is -0.185. The van der Waals surface area contributed by atoms with Crippen molar-refractivity contribution in [3.63, 3.8) is 0 Å². The van der Waals surface area contributed by atoms with Crippen molar-refractivity contribution in [1.29, 1.82) is 0 Å². The molecule has 6 heteroatoms. The molecule has 124 valence electrons. The van der Waals surface area contributed by atoms with Crippen LogP contribution in [0.5, 0.6) is 0 Å². The Balaban J connectivity index is 1.68. The Bertz CT molecular complexity index is 736. The molecular formula is C18H18ClN3O2. The average Bonchev–Trinajstić information content (AvgIpc) is 2.88. The van der Waals surface area contributed by atoms with Crippen molar-refractivity contribution in [2.45, 2.75) is 6.42 Å². The van der Waals surface area contributed by atoms with Crippen LogP contribution in [-0.4, -0.2) is 52.8 Å². The summed E-state index contributed by atoms with van der Waals surface area (Å²) in [5, 5.41) is 0.452. The van der Waals surface area contributed by atoms with Crippen LogP contribution in [0.1, 0.15) is 27.3 Å². The molecule has 0 aliphatic carbocycles. The highest BCUT2D eigenvalue weighted by Crippen LogP contribution is 2.18. The van der Waals surface area contributed by atoms with Gasteiger partial charge in [-0.1, -0.05) is 29.8 Å². The Morgan fingerprint density at radius 3 is 2.21 bits per heavy atom. The monoisotopic (exact) mass is 343 g/mol. The predicted octanol–water partition coefficient (Wildman–Crippen LogP) is 2.72. The van der Waals surface area contributed by atoms with Gasteiger partial charge >= 0.3 is 0 Å². The summed E-state index contributed by atoms with van der Waals surface area (Å²) >= 11 is 6.12. The minimum atomic E-state index is -0.0948. The first-order valence-corrected chi connectivity index (χ1v) is 8.29. The van der Waals surface area contributed by atoms with Gasteiger partial charge in [-0.2, -0.15) is 0 Å². The molecule has 0 unspecified atom stereocenters. The fourth-order valence-corrected chi connectivity index (χ4v) is 3.00. The number of nitrogens with zero attached hydrogens (tertiary/aromatic N) is 3. The summed E-state index contributed by atoms with van der Waals surface area (Å²) in [7, 11) is 0. The van der Waals surface area contributed by atoms with Crippen molar-refractivity contribution < 1.29 is 9.59 Å². The molecule has 5 nitrogen and oxygen atoms in total. The lowest BCUT2D eigenvalue weighted by Gasteiger charge is -2.22. The summed E-state index contributed by atoms with van der Waals surface area (Å²) in [6.07, 6.45) is 2.34. The maximum atomic E-state index is 12.6. The minimum Gasteiger partial charge on any atom is -0.337 e. The fourth-order valence-electron chi connectivity index (χ4n) is 2.78. The molecule has 0 atom stereocenters. The maximum Gasteiger partial charge on any atom is 0.272 e. The average molecular weight is 344 g/mol. The predicted molar refractivity (Wildman–Crippen MR) is 92.1 cm³/mol. The second-order valence-electron chi connectivity index (χ2n) is 5.63. The number of rotatable bonds is 2. The molecule has 1 saturated heterocycles. The van der Waals surface area contributed by atoms with Crippen LogP contribution in [0.2, 0.25) is 5.02 Å². The number of amides is 2. The van der Waals surface area contributed by atoms with Gasteiger partial charge in [0.05, 0.1) is 10.6 Å². The van der Waals surface area contributed by atoms with Crippen molar-refractivity contribution in [2.75, 3.05) is 26.2 Å². The van der Waals surface area contributed by atoms with E-state index < -0.39 is 0 Å². The molecule has 2 amide bonds. The van der Waals surface area contributed by atoms with Crippen LogP contribution in [0, 0.1) is 0 Å². The molecule has 0 saturated carbocycles. The second-order valence-corrected chi connectivity index (χ2v) is 6.04. The Kier molecular flexibility index (Phi) is 5.11. The summed E-state index contributed by atoms with van der Waals surface area (Å²) in [6.45, 7) is 2.20. The number of carbonyl (C=O) groups excluding carboxylic acids is 2. The number of pyridine rings is 1. The molecule has 0 bridgehead atoms. The Morgan fingerprint density at radius 2 is 1.54 bits per heavy atom. The van der Waals surface area contributed by atoms with Gasteiger partial charge in [-0.15, -0.1) is 0 Å². The summed E-state index contributed by atoms with van der Waals surface area (Å²) < 4.78 is 0. The Labute approximate surface area is 145 Å². The van der Waals surface area contributed by atoms with Crippen molar-refractivity contribution in [2.24, 2.45) is 0 Å². The van der Waals surface area contributed by atoms with Gasteiger partial charge in [0.25, 0.3) is 11.8 Å². The topological polar surface area (TPSA) is 53.5 Å². The van der Waals surface area contributed by atoms with Crippen molar-refractivity contribution in [3.05, 3.63) is 64.9 Å². The van der Waals surface area contributed by atoms with E-state index in [1.54, 1.807) is 58.5 Å². The van der Waals surface area contributed by atoms with E-state index in [1.165, 1.54) is 0 Å². The van der Waals surface area contributed by atoms with E-state index in [0.29, 0.717) is 42.5 Å². The molecule has 0 spiro atoms. The molecule has 2 heterocycles. The van der Waals surface area contributed by atoms with Crippen LogP contribution < -0.4 is 0 Å². The fraction of sp³-hybridized carbons (Fsp3) is 0.278. The number of hydrogen-bond acceptors (Lipinski definition) is 3. The van der Waals surface area contributed by atoms with Crippen LogP contribution in [0.4, 0.5) is 0 Å². The maximum absolute atomic E-state index is 12.6. The SMILES string of the molecule is O=C(c1ccccn1)N1CCCN(C(=O)c2ccccc2Cl)CC1. The highest BCUT2D eigenvalue weighted by molar-refractivity contribution is 6.33. The number of benzene rings is 1. The van der Waals surface area contributed by atoms with Crippen molar-refractivity contribution >= 4 is 23.4 Å². The molecular weight excluding hydrogens is 326 g/mol. The zero-order valence-corrected chi connectivity index (χ0v) is 13.9. The minimum absolute atomic E-state index is 0.0901. The molecule has 1 aliphatic rings. The van der Waals surface area contributed by atoms with E-state index >= 15 is 0 Å². The van der Waals surface area contributed by atoms with Crippen molar-refractivity contribution in [3.8, 4) is 0 Å². The van der Waals surface area contributed by atoms with E-state index in [9.17, 15) is 9.59 Å². The molecule has 2 aromatic rings. The molecule has 1 aliphatic heterocycles. The smallest absolute Gasteiger partial charge is 0.272 e. The third-order valence-electron chi connectivity index (χ3n) is 4.06. The third-order valence-corrected chi connectivity index (χ3v) is 4.39. The van der Waals surface area contributed by atoms with Gasteiger partial charge < -0.3 is 9.80 Å². The Hall–Kier alpha value is -2.40. The summed E-state index contributed by atoms with van der Waals surface area (Å²) in [6, 6.07) is 12.3. The van der Waals surface area contributed by atoms with Gasteiger partial charge in [-0.3, -0.25) is 14.6 Å². The second kappa shape index (κ2) is 7.45. The van der Waals surface area contributed by atoms with Crippen LogP contribution in [0.3, 0.4) is 0 Å². The lowest BCUT2D eigenvalue weighted by Crippen LogP contribution is -2.37. The quantitative estimate of drug-likeness (QED) is 0.842. The van der Waals surface area contributed by atoms with Gasteiger partial charge in [0, 0.05) is 32.4 Å². The van der Waals surface area contributed by atoms with E-state index in [4.69, 9.17) is 11.6 Å². The number of hydrogen-bond donors (Lipinski definition) is 0. The standard InChI is InChI=1S/C18H18ClN3O2/c19-15-7-2-1-6-14(15)17(23)21-10-5-11-22(13-12-21)18(24)16-8-3-4-9-20-16/h1-4,6-9H,5,10-13H2. The van der Waals surface area contributed by atoms with Crippen LogP contribution in [0.15, 0.2) is 48.7 Å². The first-order valence-electron chi connectivity index (χ1n) is 7.91. The normalized spacial score (nSPS) is 15.0. The lowest BCUT2D eigenvalue weighted by atomic mass is 10.2. The van der Waals surface area contributed by atoms with Gasteiger partial charge in [0.15, 0.2) is 0 Å². The molecule has 1 aromatic heterocycles. The van der Waals surface area contributed by atoms with E-state index in [2.05, 4.69) is 4.98 Å². The summed E-state index contributed by atoms with van der Waals surface area (Å²) in [5.41, 5.74) is 0.937. The van der Waals surface area contributed by atoms with Crippen LogP contribution >= 0.6 is 11.6 Å². The zero-order valence-electron chi connectivity index (χ0n) is 13.2. The first-order chi connectivity index (χ1) is 11.7. The summed E-state index contributed by atoms with van der Waals surface area (Å²) in [4.78, 5) is 32.8. The van der Waals surface area contributed by atoms with Crippen molar-refractivity contribution in [1.82, 2.24) is 14.8 Å². The number of aromatic nitrogens is 1. The van der Waals surface area contributed by atoms with Crippen LogP contribution in [0.25, 0.3) is 0 Å². The third kappa shape index (κ3) is 3.57. The zero-order chi connectivity index (χ0) is 16.9. The number of carbonyl (C=O) groups is 2. The Morgan fingerprint density at radius 1 is 0.875 bits per heavy atom. The molecule has 3 rings (SSSR count). The highest BCUT2D eigenvalue weighted by atomic mass is 35.5. The first kappa shape index (κ1) is 16.5.